The Labute approximate surface area is 98.6 Å². The number of esters is 1. The minimum Gasteiger partial charge on any atom is -0.465 e. The molecule has 0 saturated heterocycles. The average molecular weight is 232 g/mol. The molecule has 0 fully saturated rings. The molecule has 0 aliphatic carbocycles. The van der Waals surface area contributed by atoms with E-state index >= 15 is 0 Å². The summed E-state index contributed by atoms with van der Waals surface area (Å²) in [6.45, 7) is 0.649. The molecule has 0 bridgehead atoms. The van der Waals surface area contributed by atoms with Crippen molar-refractivity contribution in [1.82, 2.24) is 4.57 Å². The van der Waals surface area contributed by atoms with Crippen LogP contribution in [0.3, 0.4) is 0 Å². The van der Waals surface area contributed by atoms with E-state index in [0.717, 1.165) is 6.42 Å². The van der Waals surface area contributed by atoms with E-state index in [1.54, 1.807) is 10.8 Å². The van der Waals surface area contributed by atoms with Crippen LogP contribution in [0.15, 0.2) is 12.3 Å². The van der Waals surface area contributed by atoms with E-state index in [1.807, 2.05) is 6.07 Å². The van der Waals surface area contributed by atoms with Gasteiger partial charge in [0.2, 0.25) is 0 Å². The molecule has 1 unspecified atom stereocenters. The third kappa shape index (κ3) is 1.94. The fourth-order valence-corrected chi connectivity index (χ4v) is 2.03. The number of carbonyl (C=O) groups excluding carboxylic acids is 2. The molecule has 0 saturated carbocycles. The van der Waals surface area contributed by atoms with Gasteiger partial charge in [-0.2, -0.15) is 5.26 Å². The summed E-state index contributed by atoms with van der Waals surface area (Å²) in [5.74, 6) is -1.27. The van der Waals surface area contributed by atoms with Crippen LogP contribution in [0.2, 0.25) is 0 Å². The van der Waals surface area contributed by atoms with E-state index in [9.17, 15) is 9.59 Å². The summed E-state index contributed by atoms with van der Waals surface area (Å²) in [5, 5.41) is 8.90. The van der Waals surface area contributed by atoms with Gasteiger partial charge in [0.25, 0.3) is 0 Å². The number of Topliss-reactive ketones (excluding diaryl/α,β-unsaturated/α-hetero) is 1. The Morgan fingerprint density at radius 3 is 3.06 bits per heavy atom. The van der Waals surface area contributed by atoms with Crippen LogP contribution in [0.4, 0.5) is 0 Å². The summed E-state index contributed by atoms with van der Waals surface area (Å²) < 4.78 is 6.33. The fourth-order valence-electron chi connectivity index (χ4n) is 2.03. The Balaban J connectivity index is 2.41. The van der Waals surface area contributed by atoms with Crippen molar-refractivity contribution in [3.05, 3.63) is 23.5 Å². The van der Waals surface area contributed by atoms with E-state index in [-0.39, 0.29) is 5.78 Å². The monoisotopic (exact) mass is 232 g/mol. The quantitative estimate of drug-likeness (QED) is 0.686. The number of fused-ring (bicyclic) bond motifs is 1. The van der Waals surface area contributed by atoms with Gasteiger partial charge < -0.3 is 9.30 Å². The first-order valence-electron chi connectivity index (χ1n) is 5.39. The number of ether oxygens (including phenoxy) is 1. The molecule has 0 N–H and O–H groups in total. The van der Waals surface area contributed by atoms with Gasteiger partial charge in [-0.3, -0.25) is 4.79 Å². The van der Waals surface area contributed by atoms with Crippen LogP contribution >= 0.6 is 0 Å². The number of rotatable bonds is 1. The lowest BCUT2D eigenvalue weighted by Crippen LogP contribution is -2.12. The highest BCUT2D eigenvalue weighted by Gasteiger charge is 2.27. The van der Waals surface area contributed by atoms with Crippen molar-refractivity contribution >= 4 is 11.8 Å². The highest BCUT2D eigenvalue weighted by molar-refractivity contribution is 6.01. The van der Waals surface area contributed by atoms with Gasteiger partial charge >= 0.3 is 5.97 Å². The van der Waals surface area contributed by atoms with E-state index in [0.29, 0.717) is 24.2 Å². The molecular weight excluding hydrogens is 220 g/mol. The van der Waals surface area contributed by atoms with Crippen molar-refractivity contribution in [2.24, 2.45) is 5.92 Å². The van der Waals surface area contributed by atoms with Crippen molar-refractivity contribution in [1.29, 1.82) is 5.26 Å². The number of nitrogens with zero attached hydrogens (tertiary/aromatic N) is 2. The van der Waals surface area contributed by atoms with Crippen molar-refractivity contribution < 1.29 is 14.3 Å². The van der Waals surface area contributed by atoms with Gasteiger partial charge in [0, 0.05) is 12.7 Å². The number of hydrogen-bond donors (Lipinski definition) is 0. The lowest BCUT2D eigenvalue weighted by atomic mass is 9.99. The first-order chi connectivity index (χ1) is 8.17. The predicted molar refractivity (Wildman–Crippen MR) is 58.4 cm³/mol. The number of carbonyl (C=O) groups is 2. The minimum atomic E-state index is -0.600. The fraction of sp³-hybridized carbons (Fsp3) is 0.417. The van der Waals surface area contributed by atoms with Gasteiger partial charge in [0.1, 0.15) is 5.92 Å². The van der Waals surface area contributed by atoms with Gasteiger partial charge in [-0.1, -0.05) is 0 Å². The highest BCUT2D eigenvalue weighted by atomic mass is 16.5. The second-order valence-electron chi connectivity index (χ2n) is 3.99. The SMILES string of the molecule is COC(=O)c1cc2n(c1)CCCC(C#N)C2=O. The maximum atomic E-state index is 12.0. The van der Waals surface area contributed by atoms with Gasteiger partial charge in [-0.05, 0) is 18.9 Å². The molecule has 1 aromatic rings. The number of hydrogen-bond acceptors (Lipinski definition) is 4. The molecule has 0 radical (unpaired) electrons. The van der Waals surface area contributed by atoms with Gasteiger partial charge in [0.15, 0.2) is 5.78 Å². The summed E-state index contributed by atoms with van der Waals surface area (Å²) in [7, 11) is 1.30. The summed E-state index contributed by atoms with van der Waals surface area (Å²) in [5.41, 5.74) is 0.781. The minimum absolute atomic E-state index is 0.208. The molecule has 88 valence electrons. The number of methoxy groups -OCH3 is 1. The molecule has 5 heteroatoms. The third-order valence-electron chi connectivity index (χ3n) is 2.93. The van der Waals surface area contributed by atoms with E-state index in [2.05, 4.69) is 4.74 Å². The van der Waals surface area contributed by atoms with Crippen molar-refractivity contribution in [2.45, 2.75) is 19.4 Å². The van der Waals surface area contributed by atoms with Crippen LogP contribution in [-0.4, -0.2) is 23.4 Å². The molecule has 0 spiro atoms. The number of aryl methyl sites for hydroxylation is 1. The molecule has 5 nitrogen and oxygen atoms in total. The van der Waals surface area contributed by atoms with Gasteiger partial charge in [-0.15, -0.1) is 0 Å². The van der Waals surface area contributed by atoms with Gasteiger partial charge in [0.05, 0.1) is 24.4 Å². The highest BCUT2D eigenvalue weighted by Crippen LogP contribution is 2.22. The topological polar surface area (TPSA) is 72.1 Å². The van der Waals surface area contributed by atoms with Crippen LogP contribution in [-0.2, 0) is 11.3 Å². The van der Waals surface area contributed by atoms with Crippen molar-refractivity contribution in [2.75, 3.05) is 7.11 Å². The zero-order valence-corrected chi connectivity index (χ0v) is 9.47. The summed E-state index contributed by atoms with van der Waals surface area (Å²) >= 11 is 0. The van der Waals surface area contributed by atoms with Gasteiger partial charge in [-0.25, -0.2) is 4.79 Å². The first-order valence-corrected chi connectivity index (χ1v) is 5.39. The Morgan fingerprint density at radius 1 is 1.65 bits per heavy atom. The first kappa shape index (κ1) is 11.4. The van der Waals surface area contributed by atoms with Crippen LogP contribution in [0.25, 0.3) is 0 Å². The number of nitriles is 1. The Kier molecular flexibility index (Phi) is 2.96. The standard InChI is InChI=1S/C12H12N2O3/c1-17-12(16)9-5-10-11(15)8(6-13)3-2-4-14(10)7-9/h5,7-8H,2-4H2,1H3. The van der Waals surface area contributed by atoms with E-state index < -0.39 is 11.9 Å². The molecular formula is C12H12N2O3. The van der Waals surface area contributed by atoms with Crippen molar-refractivity contribution in [3.8, 4) is 6.07 Å². The van der Waals surface area contributed by atoms with Crippen molar-refractivity contribution in [3.63, 3.8) is 0 Å². The maximum absolute atomic E-state index is 12.0. The smallest absolute Gasteiger partial charge is 0.339 e. The predicted octanol–water partition coefficient (Wildman–Crippen LogP) is 1.39. The normalized spacial score (nSPS) is 19.1. The molecule has 1 atom stereocenters. The maximum Gasteiger partial charge on any atom is 0.339 e. The number of ketones is 1. The van der Waals surface area contributed by atoms with Crippen LogP contribution in [0, 0.1) is 17.2 Å². The average Bonchev–Trinajstić information content (AvgIpc) is 2.71. The Bertz CT molecular complexity index is 510. The molecule has 1 aromatic heterocycles. The lowest BCUT2D eigenvalue weighted by Gasteiger charge is -2.02. The number of aromatic nitrogens is 1. The Morgan fingerprint density at radius 2 is 2.41 bits per heavy atom. The summed E-state index contributed by atoms with van der Waals surface area (Å²) in [6.07, 6.45) is 2.94. The molecule has 2 rings (SSSR count). The largest absolute Gasteiger partial charge is 0.465 e. The van der Waals surface area contributed by atoms with Crippen LogP contribution < -0.4 is 0 Å². The molecule has 2 heterocycles. The molecule has 17 heavy (non-hydrogen) atoms. The zero-order valence-electron chi connectivity index (χ0n) is 9.47. The molecule has 0 aromatic carbocycles. The second kappa shape index (κ2) is 4.42. The summed E-state index contributed by atoms with van der Waals surface area (Å²) in [6, 6.07) is 3.51. The molecule has 0 amide bonds. The third-order valence-corrected chi connectivity index (χ3v) is 2.93. The summed E-state index contributed by atoms with van der Waals surface area (Å²) in [4.78, 5) is 23.4. The van der Waals surface area contributed by atoms with E-state index in [4.69, 9.17) is 5.26 Å². The van der Waals surface area contributed by atoms with Crippen LogP contribution in [0.1, 0.15) is 33.7 Å². The lowest BCUT2D eigenvalue weighted by molar-refractivity contribution is 0.0600. The van der Waals surface area contributed by atoms with E-state index in [1.165, 1.54) is 13.2 Å². The molecule has 1 aliphatic heterocycles. The molecule has 1 aliphatic rings. The zero-order chi connectivity index (χ0) is 12.4. The Hall–Kier alpha value is -2.09. The second-order valence-corrected chi connectivity index (χ2v) is 3.99. The van der Waals surface area contributed by atoms with Crippen LogP contribution in [0.5, 0.6) is 0 Å².